The van der Waals surface area contributed by atoms with E-state index in [0.29, 0.717) is 19.7 Å². The molecule has 1 N–H and O–H groups in total. The van der Waals surface area contributed by atoms with Crippen LogP contribution < -0.4 is 0 Å². The predicted octanol–water partition coefficient (Wildman–Crippen LogP) is 6.02. The van der Waals surface area contributed by atoms with Crippen molar-refractivity contribution in [2.45, 2.75) is 38.8 Å². The molecule has 0 fully saturated rings. The molecule has 0 heterocycles. The highest BCUT2D eigenvalue weighted by Gasteiger charge is 2.18. The van der Waals surface area contributed by atoms with E-state index in [1.165, 1.54) is 12.1 Å². The average molecular weight is 426 g/mol. The molecular weight excluding hydrogens is 393 g/mol. The highest BCUT2D eigenvalue weighted by molar-refractivity contribution is 5.87. The number of hydrogen-bond donors (Lipinski definition) is 1. The van der Waals surface area contributed by atoms with Crippen molar-refractivity contribution >= 4 is 5.97 Å². The lowest BCUT2D eigenvalue weighted by atomic mass is 10.1. The third kappa shape index (κ3) is 8.12. The molecule has 0 saturated carbocycles. The van der Waals surface area contributed by atoms with Gasteiger partial charge in [0.05, 0.1) is 18.3 Å². The van der Waals surface area contributed by atoms with Crippen LogP contribution in [0.5, 0.6) is 0 Å². The molecule has 1 atom stereocenters. The van der Waals surface area contributed by atoms with Crippen LogP contribution in [0.2, 0.25) is 0 Å². The third-order valence-electron chi connectivity index (χ3n) is 5.10. The molecule has 0 aliphatic heterocycles. The Hall–Kier alpha value is -2.76. The maximum Gasteiger partial charge on any atom is 0.338 e. The molecule has 2 aromatic carbocycles. The van der Waals surface area contributed by atoms with E-state index in [2.05, 4.69) is 25.0 Å². The lowest BCUT2D eigenvalue weighted by Crippen LogP contribution is -2.31. The van der Waals surface area contributed by atoms with Crippen molar-refractivity contribution in [1.82, 2.24) is 4.90 Å². The van der Waals surface area contributed by atoms with Crippen LogP contribution in [0, 0.1) is 5.82 Å². The van der Waals surface area contributed by atoms with Gasteiger partial charge < -0.3 is 9.84 Å². The Morgan fingerprint density at radius 2 is 1.97 bits per heavy atom. The Morgan fingerprint density at radius 1 is 1.23 bits per heavy atom. The molecule has 0 bridgehead atoms. The maximum atomic E-state index is 14.2. The summed E-state index contributed by atoms with van der Waals surface area (Å²) in [6.07, 6.45) is 4.74. The van der Waals surface area contributed by atoms with Crippen LogP contribution in [0.4, 0.5) is 4.39 Å². The molecular formula is C26H32FNO3. The summed E-state index contributed by atoms with van der Waals surface area (Å²) < 4.78 is 20.4. The summed E-state index contributed by atoms with van der Waals surface area (Å²) in [6, 6.07) is 14.3. The van der Waals surface area contributed by atoms with Gasteiger partial charge in [-0.1, -0.05) is 75.4 Å². The van der Waals surface area contributed by atoms with Crippen molar-refractivity contribution in [2.75, 3.05) is 19.7 Å². The van der Waals surface area contributed by atoms with Gasteiger partial charge in [-0.15, -0.1) is 0 Å². The van der Waals surface area contributed by atoms with Gasteiger partial charge in [0.2, 0.25) is 0 Å². The summed E-state index contributed by atoms with van der Waals surface area (Å²) in [4.78, 5) is 13.3. The number of unbranched alkanes of at least 4 members (excludes halogenated alkanes) is 2. The number of carbonyl (C=O) groups is 1. The quantitative estimate of drug-likeness (QED) is 0.297. The largest absolute Gasteiger partial charge is 0.478 e. The summed E-state index contributed by atoms with van der Waals surface area (Å²) in [6.45, 7) is 12.2. The zero-order chi connectivity index (χ0) is 22.6. The van der Waals surface area contributed by atoms with Crippen LogP contribution in [-0.4, -0.2) is 35.7 Å². The van der Waals surface area contributed by atoms with Gasteiger partial charge in [-0.25, -0.2) is 9.18 Å². The summed E-state index contributed by atoms with van der Waals surface area (Å²) >= 11 is 0. The zero-order valence-corrected chi connectivity index (χ0v) is 18.2. The molecule has 0 aliphatic carbocycles. The summed E-state index contributed by atoms with van der Waals surface area (Å²) in [5.41, 5.74) is 2.30. The minimum atomic E-state index is -1.26. The van der Waals surface area contributed by atoms with Gasteiger partial charge >= 0.3 is 5.97 Å². The summed E-state index contributed by atoms with van der Waals surface area (Å²) in [5.74, 6) is -1.97. The van der Waals surface area contributed by atoms with Gasteiger partial charge in [0.15, 0.2) is 0 Å². The molecule has 0 spiro atoms. The highest BCUT2D eigenvalue weighted by atomic mass is 19.1. The average Bonchev–Trinajstić information content (AvgIpc) is 2.76. The second kappa shape index (κ2) is 12.8. The van der Waals surface area contributed by atoms with Crippen molar-refractivity contribution in [3.63, 3.8) is 0 Å². The minimum Gasteiger partial charge on any atom is -0.478 e. The van der Waals surface area contributed by atoms with Crippen LogP contribution in [0.25, 0.3) is 0 Å². The number of halogens is 1. The number of carboxylic acids is 1. The smallest absolute Gasteiger partial charge is 0.338 e. The van der Waals surface area contributed by atoms with E-state index in [0.717, 1.165) is 42.5 Å². The Bertz CT molecular complexity index is 866. The van der Waals surface area contributed by atoms with Crippen LogP contribution in [0.15, 0.2) is 73.3 Å². The second-order valence-corrected chi connectivity index (χ2v) is 7.63. The van der Waals surface area contributed by atoms with Gasteiger partial charge in [0.25, 0.3) is 0 Å². The normalized spacial score (nSPS) is 12.0. The Kier molecular flexibility index (Phi) is 10.1. The fourth-order valence-electron chi connectivity index (χ4n) is 3.33. The van der Waals surface area contributed by atoms with Crippen molar-refractivity contribution in [2.24, 2.45) is 0 Å². The number of carboxylic acid groups (broad SMARTS) is 1. The first kappa shape index (κ1) is 24.5. The fraction of sp³-hybridized carbons (Fsp3) is 0.346. The first-order valence-corrected chi connectivity index (χ1v) is 10.7. The second-order valence-electron chi connectivity index (χ2n) is 7.63. The molecule has 0 radical (unpaired) electrons. The van der Waals surface area contributed by atoms with E-state index in [-0.39, 0.29) is 11.7 Å². The molecule has 5 heteroatoms. The van der Waals surface area contributed by atoms with Crippen molar-refractivity contribution in [1.29, 1.82) is 0 Å². The number of hydrogen-bond acceptors (Lipinski definition) is 3. The molecule has 31 heavy (non-hydrogen) atoms. The Labute approximate surface area is 184 Å². The third-order valence-corrected chi connectivity index (χ3v) is 5.10. The van der Waals surface area contributed by atoms with E-state index in [9.17, 15) is 9.18 Å². The lowest BCUT2D eigenvalue weighted by molar-refractivity contribution is 0.0363. The fourth-order valence-corrected chi connectivity index (χ4v) is 3.33. The molecule has 2 aromatic rings. The first-order chi connectivity index (χ1) is 14.9. The SMILES string of the molecule is C=CC(=C)COC(CN(CCCCC)Cc1ccc(C(=O)O)c(F)c1)c1ccccc1. The van der Waals surface area contributed by atoms with Gasteiger partial charge in [0, 0.05) is 13.1 Å². The maximum absolute atomic E-state index is 14.2. The lowest BCUT2D eigenvalue weighted by Gasteiger charge is -2.28. The standard InChI is InChI=1S/C26H32FNO3/c1-4-6-10-15-28(17-21-13-14-23(26(29)30)24(27)16-21)18-25(31-19-20(3)5-2)22-11-8-7-9-12-22/h5,7-9,11-14,16,25H,2-4,6,10,15,17-19H2,1H3,(H,29,30). The topological polar surface area (TPSA) is 49.8 Å². The van der Waals surface area contributed by atoms with Crippen LogP contribution in [0.3, 0.4) is 0 Å². The van der Waals surface area contributed by atoms with Crippen molar-refractivity contribution < 1.29 is 19.0 Å². The number of nitrogens with zero attached hydrogens (tertiary/aromatic N) is 1. The van der Waals surface area contributed by atoms with Gasteiger partial charge in [-0.05, 0) is 41.8 Å². The summed E-state index contributed by atoms with van der Waals surface area (Å²) in [7, 11) is 0. The van der Waals surface area contributed by atoms with Crippen LogP contribution in [-0.2, 0) is 11.3 Å². The molecule has 0 amide bonds. The van der Waals surface area contributed by atoms with Crippen molar-refractivity contribution in [3.05, 3.63) is 95.8 Å². The van der Waals surface area contributed by atoms with Crippen LogP contribution >= 0.6 is 0 Å². The van der Waals surface area contributed by atoms with E-state index in [1.54, 1.807) is 12.1 Å². The van der Waals surface area contributed by atoms with E-state index < -0.39 is 11.8 Å². The van der Waals surface area contributed by atoms with E-state index in [1.807, 2.05) is 30.3 Å². The molecule has 4 nitrogen and oxygen atoms in total. The molecule has 0 aliphatic rings. The number of benzene rings is 2. The van der Waals surface area contributed by atoms with E-state index in [4.69, 9.17) is 9.84 Å². The van der Waals surface area contributed by atoms with Gasteiger partial charge in [-0.2, -0.15) is 0 Å². The number of ether oxygens (including phenoxy) is 1. The summed E-state index contributed by atoms with van der Waals surface area (Å²) in [5, 5.41) is 9.07. The van der Waals surface area contributed by atoms with Gasteiger partial charge in [-0.3, -0.25) is 4.90 Å². The van der Waals surface area contributed by atoms with Gasteiger partial charge in [0.1, 0.15) is 5.82 Å². The monoisotopic (exact) mass is 425 g/mol. The number of aromatic carboxylic acids is 1. The predicted molar refractivity (Wildman–Crippen MR) is 123 cm³/mol. The first-order valence-electron chi connectivity index (χ1n) is 10.7. The Morgan fingerprint density at radius 3 is 2.58 bits per heavy atom. The van der Waals surface area contributed by atoms with Crippen molar-refractivity contribution in [3.8, 4) is 0 Å². The highest BCUT2D eigenvalue weighted by Crippen LogP contribution is 2.22. The zero-order valence-electron chi connectivity index (χ0n) is 18.2. The molecule has 1 unspecified atom stereocenters. The Balaban J connectivity index is 2.20. The molecule has 0 aromatic heterocycles. The minimum absolute atomic E-state index is 0.178. The molecule has 0 saturated heterocycles. The van der Waals surface area contributed by atoms with E-state index >= 15 is 0 Å². The molecule has 2 rings (SSSR count). The number of rotatable bonds is 14. The van der Waals surface area contributed by atoms with Crippen LogP contribution in [0.1, 0.15) is 53.8 Å². The molecule has 166 valence electrons.